The van der Waals surface area contributed by atoms with Crippen molar-refractivity contribution in [1.82, 2.24) is 5.32 Å². The summed E-state index contributed by atoms with van der Waals surface area (Å²) in [5.41, 5.74) is 1.47. The smallest absolute Gasteiger partial charge is 0.0219 e. The van der Waals surface area contributed by atoms with Gasteiger partial charge in [-0.1, -0.05) is 32.0 Å². The van der Waals surface area contributed by atoms with E-state index in [4.69, 9.17) is 0 Å². The lowest BCUT2D eigenvalue weighted by atomic mass is 10.2. The van der Waals surface area contributed by atoms with Crippen LogP contribution in [0.1, 0.15) is 38.7 Å². The maximum atomic E-state index is 3.60. The summed E-state index contributed by atoms with van der Waals surface area (Å²) in [6, 6.07) is 9.61. The van der Waals surface area contributed by atoms with Crippen LogP contribution < -0.4 is 5.32 Å². The summed E-state index contributed by atoms with van der Waals surface area (Å²) < 4.78 is 0. The zero-order valence-corrected chi connectivity index (χ0v) is 11.7. The van der Waals surface area contributed by atoms with Crippen molar-refractivity contribution in [3.05, 3.63) is 29.8 Å². The first-order chi connectivity index (χ1) is 8.25. The highest BCUT2D eigenvalue weighted by atomic mass is 32.2. The fourth-order valence-corrected chi connectivity index (χ4v) is 3.05. The van der Waals surface area contributed by atoms with E-state index in [0.29, 0.717) is 0 Å². The Balaban J connectivity index is 1.85. The Morgan fingerprint density at radius 2 is 2.06 bits per heavy atom. The molecule has 2 rings (SSSR count). The van der Waals surface area contributed by atoms with Gasteiger partial charge in [0.2, 0.25) is 0 Å². The molecule has 0 unspecified atom stereocenters. The second kappa shape index (κ2) is 6.46. The van der Waals surface area contributed by atoms with Crippen LogP contribution in [0, 0.1) is 5.92 Å². The predicted molar refractivity (Wildman–Crippen MR) is 76.5 cm³/mol. The van der Waals surface area contributed by atoms with Crippen molar-refractivity contribution in [3.8, 4) is 0 Å². The van der Waals surface area contributed by atoms with Gasteiger partial charge in [-0.25, -0.2) is 0 Å². The average Bonchev–Trinajstić information content (AvgIpc) is 3.11. The Morgan fingerprint density at radius 1 is 1.29 bits per heavy atom. The standard InChI is InChI=1S/C15H23NS/c1-12(2)9-10-17-15-6-4-3-5-13(15)11-16-14-7-8-14/h3-6,12,14,16H,7-11H2,1-2H3. The molecule has 1 aliphatic carbocycles. The number of nitrogens with one attached hydrogen (secondary N) is 1. The first kappa shape index (κ1) is 13.0. The summed E-state index contributed by atoms with van der Waals surface area (Å²) in [7, 11) is 0. The molecule has 1 aromatic rings. The lowest BCUT2D eigenvalue weighted by Gasteiger charge is -2.10. The van der Waals surface area contributed by atoms with Gasteiger partial charge in [0.25, 0.3) is 0 Å². The SMILES string of the molecule is CC(C)CCSc1ccccc1CNC1CC1. The summed E-state index contributed by atoms with van der Waals surface area (Å²) in [5.74, 6) is 2.04. The molecule has 0 bridgehead atoms. The topological polar surface area (TPSA) is 12.0 Å². The van der Waals surface area contributed by atoms with Gasteiger partial charge in [-0.2, -0.15) is 0 Å². The normalized spacial score (nSPS) is 15.5. The van der Waals surface area contributed by atoms with Crippen molar-refractivity contribution in [3.63, 3.8) is 0 Å². The van der Waals surface area contributed by atoms with E-state index in [2.05, 4.69) is 43.4 Å². The molecule has 0 aliphatic heterocycles. The second-order valence-corrected chi connectivity index (χ2v) is 6.43. The molecular formula is C15H23NS. The molecule has 1 aromatic carbocycles. The Morgan fingerprint density at radius 3 is 2.76 bits per heavy atom. The van der Waals surface area contributed by atoms with Crippen LogP contribution in [0.3, 0.4) is 0 Å². The zero-order chi connectivity index (χ0) is 12.1. The van der Waals surface area contributed by atoms with Gasteiger partial charge in [0.1, 0.15) is 0 Å². The minimum Gasteiger partial charge on any atom is -0.310 e. The number of hydrogen-bond acceptors (Lipinski definition) is 2. The van der Waals surface area contributed by atoms with Crippen molar-refractivity contribution in [2.24, 2.45) is 5.92 Å². The quantitative estimate of drug-likeness (QED) is 0.731. The first-order valence-corrected chi connectivity index (χ1v) is 7.68. The molecule has 2 heteroatoms. The van der Waals surface area contributed by atoms with Gasteiger partial charge in [0, 0.05) is 17.5 Å². The van der Waals surface area contributed by atoms with Crippen LogP contribution in [-0.4, -0.2) is 11.8 Å². The van der Waals surface area contributed by atoms with Crippen molar-refractivity contribution in [2.45, 2.75) is 50.6 Å². The minimum absolute atomic E-state index is 0.795. The van der Waals surface area contributed by atoms with E-state index in [-0.39, 0.29) is 0 Å². The Labute approximate surface area is 109 Å². The molecular weight excluding hydrogens is 226 g/mol. The van der Waals surface area contributed by atoms with Crippen LogP contribution in [0.15, 0.2) is 29.2 Å². The Hall–Kier alpha value is -0.470. The summed E-state index contributed by atoms with van der Waals surface area (Å²) in [4.78, 5) is 1.46. The number of thioether (sulfide) groups is 1. The van der Waals surface area contributed by atoms with Crippen LogP contribution in [0.5, 0.6) is 0 Å². The van der Waals surface area contributed by atoms with Gasteiger partial charge in [-0.3, -0.25) is 0 Å². The van der Waals surface area contributed by atoms with Crippen LogP contribution in [-0.2, 0) is 6.54 Å². The Bertz CT molecular complexity index is 345. The van der Waals surface area contributed by atoms with Gasteiger partial charge in [0.15, 0.2) is 0 Å². The van der Waals surface area contributed by atoms with Crippen LogP contribution >= 0.6 is 11.8 Å². The summed E-state index contributed by atoms with van der Waals surface area (Å²) in [6.07, 6.45) is 4.03. The van der Waals surface area contributed by atoms with Crippen LogP contribution in [0.25, 0.3) is 0 Å². The van der Waals surface area contributed by atoms with Gasteiger partial charge in [-0.15, -0.1) is 11.8 Å². The molecule has 0 radical (unpaired) electrons. The highest BCUT2D eigenvalue weighted by Crippen LogP contribution is 2.26. The van der Waals surface area contributed by atoms with E-state index in [0.717, 1.165) is 18.5 Å². The molecule has 0 atom stereocenters. The highest BCUT2D eigenvalue weighted by Gasteiger charge is 2.20. The monoisotopic (exact) mass is 249 g/mol. The van der Waals surface area contributed by atoms with Crippen LogP contribution in [0.4, 0.5) is 0 Å². The maximum absolute atomic E-state index is 3.60. The maximum Gasteiger partial charge on any atom is 0.0219 e. The minimum atomic E-state index is 0.795. The van der Waals surface area contributed by atoms with Crippen LogP contribution in [0.2, 0.25) is 0 Å². The fraction of sp³-hybridized carbons (Fsp3) is 0.600. The molecule has 1 fully saturated rings. The van der Waals surface area contributed by atoms with Crippen molar-refractivity contribution < 1.29 is 0 Å². The number of rotatable bonds is 7. The molecule has 0 heterocycles. The highest BCUT2D eigenvalue weighted by molar-refractivity contribution is 7.99. The summed E-state index contributed by atoms with van der Waals surface area (Å²) >= 11 is 2.01. The molecule has 1 aliphatic rings. The Kier molecular flexibility index (Phi) is 4.93. The van der Waals surface area contributed by atoms with Gasteiger partial charge in [-0.05, 0) is 42.6 Å². The van der Waals surface area contributed by atoms with E-state index in [1.807, 2.05) is 11.8 Å². The third kappa shape index (κ3) is 4.72. The van der Waals surface area contributed by atoms with Gasteiger partial charge < -0.3 is 5.32 Å². The average molecular weight is 249 g/mol. The van der Waals surface area contributed by atoms with Gasteiger partial charge in [0.05, 0.1) is 0 Å². The molecule has 0 saturated heterocycles. The van der Waals surface area contributed by atoms with E-state index < -0.39 is 0 Å². The molecule has 1 nitrogen and oxygen atoms in total. The van der Waals surface area contributed by atoms with E-state index in [1.54, 1.807) is 0 Å². The lowest BCUT2D eigenvalue weighted by molar-refractivity contribution is 0.632. The third-order valence-corrected chi connectivity index (χ3v) is 4.23. The summed E-state index contributed by atoms with van der Waals surface area (Å²) in [6.45, 7) is 5.62. The van der Waals surface area contributed by atoms with E-state index >= 15 is 0 Å². The molecule has 94 valence electrons. The summed E-state index contributed by atoms with van der Waals surface area (Å²) in [5, 5.41) is 3.60. The van der Waals surface area contributed by atoms with E-state index in [1.165, 1.54) is 35.5 Å². The van der Waals surface area contributed by atoms with Crippen molar-refractivity contribution in [1.29, 1.82) is 0 Å². The van der Waals surface area contributed by atoms with Gasteiger partial charge >= 0.3 is 0 Å². The second-order valence-electron chi connectivity index (χ2n) is 5.29. The predicted octanol–water partition coefficient (Wildman–Crippen LogP) is 4.08. The fourth-order valence-electron chi connectivity index (χ4n) is 1.74. The lowest BCUT2D eigenvalue weighted by Crippen LogP contribution is -2.15. The van der Waals surface area contributed by atoms with Crippen molar-refractivity contribution in [2.75, 3.05) is 5.75 Å². The number of hydrogen-bond donors (Lipinski definition) is 1. The molecule has 17 heavy (non-hydrogen) atoms. The largest absolute Gasteiger partial charge is 0.310 e. The molecule has 0 aromatic heterocycles. The van der Waals surface area contributed by atoms with E-state index in [9.17, 15) is 0 Å². The first-order valence-electron chi connectivity index (χ1n) is 6.70. The molecule has 0 amide bonds. The molecule has 1 saturated carbocycles. The number of benzene rings is 1. The van der Waals surface area contributed by atoms with Crippen molar-refractivity contribution >= 4 is 11.8 Å². The zero-order valence-electron chi connectivity index (χ0n) is 10.9. The molecule has 1 N–H and O–H groups in total. The third-order valence-electron chi connectivity index (χ3n) is 3.08. The molecule has 0 spiro atoms.